The standard InChI is InChI=1S/C22H23N3O4S/c1-14(26)24-10-9-17-12-19(6-7-20(17)24)30(28,29)23-18-5-4-15-8-11-25(21(15)13-18)22(27)16-2-3-16/h4-7,12-13,16,23H,2-3,8-11H2,1H3. The Balaban J connectivity index is 1.40. The number of nitrogens with one attached hydrogen (secondary N) is 1. The lowest BCUT2D eigenvalue weighted by atomic mass is 10.1. The Labute approximate surface area is 175 Å². The van der Waals surface area contributed by atoms with Crippen molar-refractivity contribution >= 4 is 38.9 Å². The van der Waals surface area contributed by atoms with Crippen LogP contribution in [0, 0.1) is 5.92 Å². The number of amides is 2. The number of carbonyl (C=O) groups is 2. The Kier molecular flexibility index (Phi) is 4.36. The number of nitrogens with zero attached hydrogens (tertiary/aromatic N) is 2. The van der Waals surface area contributed by atoms with E-state index in [1.165, 1.54) is 13.0 Å². The van der Waals surface area contributed by atoms with Gasteiger partial charge in [0.05, 0.1) is 10.6 Å². The summed E-state index contributed by atoms with van der Waals surface area (Å²) in [6, 6.07) is 10.2. The highest BCUT2D eigenvalue weighted by atomic mass is 32.2. The highest BCUT2D eigenvalue weighted by Gasteiger charge is 2.36. The first kappa shape index (κ1) is 19.1. The van der Waals surface area contributed by atoms with Crippen molar-refractivity contribution in [3.8, 4) is 0 Å². The van der Waals surface area contributed by atoms with Crippen molar-refractivity contribution < 1.29 is 18.0 Å². The van der Waals surface area contributed by atoms with Crippen molar-refractivity contribution in [1.29, 1.82) is 0 Å². The fraction of sp³-hybridized carbons (Fsp3) is 0.364. The van der Waals surface area contributed by atoms with Gasteiger partial charge in [0, 0.05) is 37.3 Å². The van der Waals surface area contributed by atoms with E-state index in [-0.39, 0.29) is 22.6 Å². The molecule has 1 N–H and O–H groups in total. The minimum absolute atomic E-state index is 0.0501. The molecule has 0 spiro atoms. The second kappa shape index (κ2) is 6.84. The zero-order chi connectivity index (χ0) is 21.0. The van der Waals surface area contributed by atoms with Crippen LogP contribution in [-0.2, 0) is 32.5 Å². The van der Waals surface area contributed by atoms with Gasteiger partial charge in [0.25, 0.3) is 10.0 Å². The minimum Gasteiger partial charge on any atom is -0.312 e. The van der Waals surface area contributed by atoms with Crippen LogP contribution in [0.1, 0.15) is 30.9 Å². The second-order valence-corrected chi connectivity index (χ2v) is 9.86. The van der Waals surface area contributed by atoms with Crippen LogP contribution in [-0.4, -0.2) is 33.3 Å². The van der Waals surface area contributed by atoms with Crippen molar-refractivity contribution in [2.24, 2.45) is 5.92 Å². The highest BCUT2D eigenvalue weighted by Crippen LogP contribution is 2.38. The van der Waals surface area contributed by atoms with Crippen molar-refractivity contribution in [1.82, 2.24) is 0 Å². The highest BCUT2D eigenvalue weighted by molar-refractivity contribution is 7.92. The number of sulfonamides is 1. The number of anilines is 3. The van der Waals surface area contributed by atoms with Gasteiger partial charge in [-0.1, -0.05) is 6.07 Å². The molecule has 0 saturated heterocycles. The van der Waals surface area contributed by atoms with Crippen molar-refractivity contribution in [2.45, 2.75) is 37.5 Å². The number of benzene rings is 2. The molecule has 156 valence electrons. The summed E-state index contributed by atoms with van der Waals surface area (Å²) in [5.41, 5.74) is 3.93. The molecule has 1 fully saturated rings. The van der Waals surface area contributed by atoms with Crippen LogP contribution in [0.2, 0.25) is 0 Å². The number of fused-ring (bicyclic) bond motifs is 2. The Morgan fingerprint density at radius 1 is 0.933 bits per heavy atom. The summed E-state index contributed by atoms with van der Waals surface area (Å²) in [5, 5.41) is 0. The Morgan fingerprint density at radius 3 is 2.40 bits per heavy atom. The number of hydrogen-bond acceptors (Lipinski definition) is 4. The van der Waals surface area contributed by atoms with Gasteiger partial charge in [0.1, 0.15) is 0 Å². The summed E-state index contributed by atoms with van der Waals surface area (Å²) in [4.78, 5) is 27.9. The van der Waals surface area contributed by atoms with Gasteiger partial charge < -0.3 is 9.80 Å². The summed E-state index contributed by atoms with van der Waals surface area (Å²) in [6.07, 6.45) is 3.31. The minimum atomic E-state index is -3.79. The first-order valence-corrected chi connectivity index (χ1v) is 11.7. The largest absolute Gasteiger partial charge is 0.312 e. The number of rotatable bonds is 4. The molecule has 0 aromatic heterocycles. The predicted octanol–water partition coefficient (Wildman–Crippen LogP) is 2.70. The van der Waals surface area contributed by atoms with Gasteiger partial charge in [0.2, 0.25) is 11.8 Å². The van der Waals surface area contributed by atoms with Gasteiger partial charge >= 0.3 is 0 Å². The summed E-state index contributed by atoms with van der Waals surface area (Å²) in [5.74, 6) is 0.214. The monoisotopic (exact) mass is 425 g/mol. The fourth-order valence-electron chi connectivity index (χ4n) is 4.31. The third-order valence-corrected chi connectivity index (χ3v) is 7.44. The molecule has 2 heterocycles. The van der Waals surface area contributed by atoms with Gasteiger partial charge in [-0.25, -0.2) is 8.42 Å². The molecule has 5 rings (SSSR count). The third-order valence-electron chi connectivity index (χ3n) is 6.06. The smallest absolute Gasteiger partial charge is 0.261 e. The molecule has 2 aromatic carbocycles. The molecule has 30 heavy (non-hydrogen) atoms. The molecule has 2 amide bonds. The average Bonchev–Trinajstić information content (AvgIpc) is 3.33. The summed E-state index contributed by atoms with van der Waals surface area (Å²) >= 11 is 0. The van der Waals surface area contributed by atoms with Crippen LogP contribution in [0.3, 0.4) is 0 Å². The molecule has 0 bridgehead atoms. The molecule has 3 aliphatic rings. The summed E-state index contributed by atoms with van der Waals surface area (Å²) in [6.45, 7) is 2.72. The van der Waals surface area contributed by atoms with Gasteiger partial charge in [-0.3, -0.25) is 14.3 Å². The van der Waals surface area contributed by atoms with E-state index in [2.05, 4.69) is 4.72 Å². The topological polar surface area (TPSA) is 86.8 Å². The van der Waals surface area contributed by atoms with Crippen LogP contribution >= 0.6 is 0 Å². The zero-order valence-electron chi connectivity index (χ0n) is 16.7. The maximum Gasteiger partial charge on any atom is 0.261 e. The number of carbonyl (C=O) groups excluding carboxylic acids is 2. The molecule has 0 unspecified atom stereocenters. The lowest BCUT2D eigenvalue weighted by Crippen LogP contribution is -2.30. The third kappa shape index (κ3) is 3.25. The van der Waals surface area contributed by atoms with Crippen LogP contribution in [0.15, 0.2) is 41.3 Å². The van der Waals surface area contributed by atoms with Gasteiger partial charge in [0.15, 0.2) is 0 Å². The van der Waals surface area contributed by atoms with Crippen LogP contribution in [0.5, 0.6) is 0 Å². The Hall–Kier alpha value is -2.87. The van der Waals surface area contributed by atoms with E-state index >= 15 is 0 Å². The lowest BCUT2D eigenvalue weighted by molar-refractivity contribution is -0.119. The summed E-state index contributed by atoms with van der Waals surface area (Å²) < 4.78 is 28.6. The molecule has 1 saturated carbocycles. The molecule has 2 aromatic rings. The zero-order valence-corrected chi connectivity index (χ0v) is 17.5. The lowest BCUT2D eigenvalue weighted by Gasteiger charge is -2.18. The SMILES string of the molecule is CC(=O)N1CCc2cc(S(=O)(=O)Nc3ccc4c(c3)N(C(=O)C3CC3)CC4)ccc21. The predicted molar refractivity (Wildman–Crippen MR) is 114 cm³/mol. The van der Waals surface area contributed by atoms with Crippen molar-refractivity contribution in [3.05, 3.63) is 47.5 Å². The molecule has 8 heteroatoms. The first-order valence-electron chi connectivity index (χ1n) is 10.2. The maximum atomic E-state index is 13.0. The van der Waals surface area contributed by atoms with E-state index in [4.69, 9.17) is 0 Å². The molecule has 1 aliphatic carbocycles. The average molecular weight is 426 g/mol. The second-order valence-electron chi connectivity index (χ2n) is 8.17. The first-order chi connectivity index (χ1) is 14.3. The molecule has 7 nitrogen and oxygen atoms in total. The van der Waals surface area contributed by atoms with E-state index in [0.717, 1.165) is 41.8 Å². The Morgan fingerprint density at radius 2 is 1.67 bits per heavy atom. The van der Waals surface area contributed by atoms with Crippen LogP contribution in [0.25, 0.3) is 0 Å². The van der Waals surface area contributed by atoms with Crippen LogP contribution < -0.4 is 14.5 Å². The number of hydrogen-bond donors (Lipinski definition) is 1. The molecular formula is C22H23N3O4S. The van der Waals surface area contributed by atoms with E-state index in [1.54, 1.807) is 34.1 Å². The molecule has 0 atom stereocenters. The van der Waals surface area contributed by atoms with E-state index < -0.39 is 10.0 Å². The Bertz CT molecular complexity index is 1170. The van der Waals surface area contributed by atoms with Gasteiger partial charge in [-0.2, -0.15) is 0 Å². The van der Waals surface area contributed by atoms with Crippen molar-refractivity contribution in [2.75, 3.05) is 27.6 Å². The molecule has 0 radical (unpaired) electrons. The van der Waals surface area contributed by atoms with Gasteiger partial charge in [-0.15, -0.1) is 0 Å². The molecule has 2 aliphatic heterocycles. The van der Waals surface area contributed by atoms with E-state index in [9.17, 15) is 18.0 Å². The van der Waals surface area contributed by atoms with E-state index in [1.807, 2.05) is 6.07 Å². The van der Waals surface area contributed by atoms with Crippen LogP contribution in [0.4, 0.5) is 17.1 Å². The normalized spacial score (nSPS) is 17.6. The maximum absolute atomic E-state index is 13.0. The molecular weight excluding hydrogens is 402 g/mol. The fourth-order valence-corrected chi connectivity index (χ4v) is 5.41. The summed E-state index contributed by atoms with van der Waals surface area (Å²) in [7, 11) is -3.79. The van der Waals surface area contributed by atoms with Crippen molar-refractivity contribution in [3.63, 3.8) is 0 Å². The van der Waals surface area contributed by atoms with E-state index in [0.29, 0.717) is 25.2 Å². The van der Waals surface area contributed by atoms with Gasteiger partial charge in [-0.05, 0) is 67.1 Å². The quantitative estimate of drug-likeness (QED) is 0.816.